The van der Waals surface area contributed by atoms with E-state index < -0.39 is 5.54 Å². The number of carbonyl (C=O) groups is 3. The van der Waals surface area contributed by atoms with E-state index in [2.05, 4.69) is 5.32 Å². The summed E-state index contributed by atoms with van der Waals surface area (Å²) >= 11 is 0. The number of rotatable bonds is 5. The molecular weight excluding hydrogens is 346 g/mol. The zero-order valence-corrected chi connectivity index (χ0v) is 16.2. The van der Waals surface area contributed by atoms with Crippen molar-refractivity contribution < 1.29 is 19.1 Å². The summed E-state index contributed by atoms with van der Waals surface area (Å²) in [5.41, 5.74) is 0.0806. The molecule has 2 saturated heterocycles. The third kappa shape index (κ3) is 3.77. The smallest absolute Gasteiger partial charge is 0.325 e. The number of nitrogens with zero attached hydrogens (tertiary/aromatic N) is 2. The fraction of sp³-hybridized carbons (Fsp3) is 0.550. The molecule has 146 valence electrons. The molecule has 1 aromatic carbocycles. The van der Waals surface area contributed by atoms with Crippen molar-refractivity contribution in [3.8, 4) is 5.75 Å². The number of likely N-dealkylation sites (tertiary alicyclic amines) is 1. The van der Waals surface area contributed by atoms with E-state index in [1.807, 2.05) is 45.0 Å². The first-order chi connectivity index (χ1) is 12.9. The van der Waals surface area contributed by atoms with Crippen LogP contribution >= 0.6 is 0 Å². The van der Waals surface area contributed by atoms with E-state index in [9.17, 15) is 14.4 Å². The van der Waals surface area contributed by atoms with Crippen LogP contribution in [0.5, 0.6) is 5.75 Å². The van der Waals surface area contributed by atoms with Gasteiger partial charge in [0, 0.05) is 19.1 Å². The first-order valence-electron chi connectivity index (χ1n) is 9.51. The second-order valence-electron chi connectivity index (χ2n) is 7.42. The highest BCUT2D eigenvalue weighted by molar-refractivity contribution is 6.07. The number of hydrogen-bond donors (Lipinski definition) is 1. The van der Waals surface area contributed by atoms with Gasteiger partial charge in [0.05, 0.1) is 13.0 Å². The summed E-state index contributed by atoms with van der Waals surface area (Å²) in [6.07, 6.45) is 1.23. The third-order valence-electron chi connectivity index (χ3n) is 5.27. The van der Waals surface area contributed by atoms with Gasteiger partial charge in [-0.3, -0.25) is 14.5 Å². The van der Waals surface area contributed by atoms with Crippen molar-refractivity contribution in [2.24, 2.45) is 0 Å². The molecule has 1 aromatic rings. The maximum absolute atomic E-state index is 12.7. The van der Waals surface area contributed by atoms with Crippen LogP contribution in [0.1, 0.15) is 39.2 Å². The Morgan fingerprint density at radius 3 is 2.33 bits per heavy atom. The highest BCUT2D eigenvalue weighted by Crippen LogP contribution is 2.30. The Kier molecular flexibility index (Phi) is 5.39. The number of urea groups is 1. The molecule has 4 amide bonds. The molecule has 27 heavy (non-hydrogen) atoms. The lowest BCUT2D eigenvalue weighted by molar-refractivity contribution is -0.138. The first kappa shape index (κ1) is 19.2. The second kappa shape index (κ2) is 7.58. The van der Waals surface area contributed by atoms with Crippen molar-refractivity contribution in [1.82, 2.24) is 15.1 Å². The fourth-order valence-electron chi connectivity index (χ4n) is 3.74. The minimum absolute atomic E-state index is 0.0338. The maximum Gasteiger partial charge on any atom is 0.325 e. The van der Waals surface area contributed by atoms with Crippen molar-refractivity contribution in [2.45, 2.75) is 51.6 Å². The first-order valence-corrected chi connectivity index (χ1v) is 9.51. The lowest BCUT2D eigenvalue weighted by Gasteiger charge is -2.37. The van der Waals surface area contributed by atoms with Crippen LogP contribution in [0.2, 0.25) is 0 Å². The molecule has 0 aromatic heterocycles. The van der Waals surface area contributed by atoms with Gasteiger partial charge in [0.2, 0.25) is 5.91 Å². The number of imide groups is 1. The molecule has 2 fully saturated rings. The van der Waals surface area contributed by atoms with Crippen LogP contribution in [0, 0.1) is 0 Å². The van der Waals surface area contributed by atoms with Crippen molar-refractivity contribution in [3.63, 3.8) is 0 Å². The Balaban J connectivity index is 1.58. The molecule has 3 rings (SSSR count). The number of amides is 4. The van der Waals surface area contributed by atoms with Crippen LogP contribution in [0.25, 0.3) is 0 Å². The zero-order valence-electron chi connectivity index (χ0n) is 16.2. The topological polar surface area (TPSA) is 79.0 Å². The van der Waals surface area contributed by atoms with E-state index in [0.29, 0.717) is 39.0 Å². The van der Waals surface area contributed by atoms with Gasteiger partial charge in [-0.25, -0.2) is 4.79 Å². The summed E-state index contributed by atoms with van der Waals surface area (Å²) in [5.74, 6) is 0.659. The Bertz CT molecular complexity index is 721. The maximum atomic E-state index is 12.7. The Morgan fingerprint density at radius 2 is 1.81 bits per heavy atom. The van der Waals surface area contributed by atoms with Gasteiger partial charge in [0.25, 0.3) is 5.91 Å². The molecule has 0 radical (unpaired) electrons. The van der Waals surface area contributed by atoms with Crippen LogP contribution in [0.15, 0.2) is 24.3 Å². The lowest BCUT2D eigenvalue weighted by Crippen LogP contribution is -2.56. The molecule has 7 heteroatoms. The van der Waals surface area contributed by atoms with Crippen LogP contribution in [0.3, 0.4) is 0 Å². The normalized spacial score (nSPS) is 19.0. The molecule has 0 bridgehead atoms. The lowest BCUT2D eigenvalue weighted by atomic mass is 9.87. The van der Waals surface area contributed by atoms with E-state index in [1.54, 1.807) is 4.90 Å². The summed E-state index contributed by atoms with van der Waals surface area (Å²) in [4.78, 5) is 40.5. The van der Waals surface area contributed by atoms with Gasteiger partial charge in [-0.05, 0) is 51.3 Å². The predicted molar refractivity (Wildman–Crippen MR) is 100 cm³/mol. The molecule has 7 nitrogen and oxygen atoms in total. The molecular formula is C20H27N3O4. The molecule has 0 unspecified atom stereocenters. The predicted octanol–water partition coefficient (Wildman–Crippen LogP) is 1.95. The number of carbonyl (C=O) groups excluding carboxylic acids is 3. The molecule has 1 spiro atoms. The van der Waals surface area contributed by atoms with Gasteiger partial charge in [-0.1, -0.05) is 12.1 Å². The number of nitrogens with one attached hydrogen (secondary N) is 1. The van der Waals surface area contributed by atoms with Crippen molar-refractivity contribution in [3.05, 3.63) is 29.8 Å². The van der Waals surface area contributed by atoms with Gasteiger partial charge >= 0.3 is 6.03 Å². The van der Waals surface area contributed by atoms with Gasteiger partial charge in [0.1, 0.15) is 11.3 Å². The Morgan fingerprint density at radius 1 is 1.19 bits per heavy atom. The van der Waals surface area contributed by atoms with Crippen LogP contribution in [0.4, 0.5) is 4.79 Å². The Labute approximate surface area is 159 Å². The van der Waals surface area contributed by atoms with E-state index in [0.717, 1.165) is 11.3 Å². The third-order valence-corrected chi connectivity index (χ3v) is 5.27. The molecule has 0 aliphatic carbocycles. The van der Waals surface area contributed by atoms with Crippen LogP contribution in [-0.2, 0) is 16.0 Å². The SMILES string of the molecule is CCOc1ccc(CC(=O)N2CCC3(CC2)NC(=O)N(C(C)C)C3=O)cc1. The van der Waals surface area contributed by atoms with E-state index >= 15 is 0 Å². The average molecular weight is 373 g/mol. The summed E-state index contributed by atoms with van der Waals surface area (Å²) in [6, 6.07) is 7.03. The fourth-order valence-corrected chi connectivity index (χ4v) is 3.74. The van der Waals surface area contributed by atoms with E-state index in [-0.39, 0.29) is 23.9 Å². The molecule has 2 aliphatic heterocycles. The highest BCUT2D eigenvalue weighted by atomic mass is 16.5. The molecule has 1 N–H and O–H groups in total. The van der Waals surface area contributed by atoms with Gasteiger partial charge in [-0.15, -0.1) is 0 Å². The van der Waals surface area contributed by atoms with E-state index in [4.69, 9.17) is 4.74 Å². The summed E-state index contributed by atoms with van der Waals surface area (Å²) < 4.78 is 5.41. The van der Waals surface area contributed by atoms with Gasteiger partial charge < -0.3 is 15.0 Å². The standard InChI is InChI=1S/C20H27N3O4/c1-4-27-16-7-5-15(6-8-16)13-17(24)22-11-9-20(10-12-22)18(25)23(14(2)3)19(26)21-20/h5-8,14H,4,9-13H2,1-3H3,(H,21,26). The summed E-state index contributed by atoms with van der Waals surface area (Å²) in [7, 11) is 0. The van der Waals surface area contributed by atoms with Gasteiger partial charge in [-0.2, -0.15) is 0 Å². The number of ether oxygens (including phenoxy) is 1. The average Bonchev–Trinajstić information content (AvgIpc) is 2.87. The van der Waals surface area contributed by atoms with Crippen molar-refractivity contribution >= 4 is 17.8 Å². The number of hydrogen-bond acceptors (Lipinski definition) is 4. The quantitative estimate of drug-likeness (QED) is 0.800. The number of benzene rings is 1. The van der Waals surface area contributed by atoms with Crippen LogP contribution in [-0.4, -0.2) is 58.9 Å². The van der Waals surface area contributed by atoms with Crippen LogP contribution < -0.4 is 10.1 Å². The largest absolute Gasteiger partial charge is 0.494 e. The monoisotopic (exact) mass is 373 g/mol. The minimum atomic E-state index is -0.850. The summed E-state index contributed by atoms with van der Waals surface area (Å²) in [6.45, 7) is 7.12. The number of piperidine rings is 1. The van der Waals surface area contributed by atoms with Crippen molar-refractivity contribution in [2.75, 3.05) is 19.7 Å². The Hall–Kier alpha value is -2.57. The molecule has 0 atom stereocenters. The van der Waals surface area contributed by atoms with Crippen molar-refractivity contribution in [1.29, 1.82) is 0 Å². The molecule has 2 heterocycles. The highest BCUT2D eigenvalue weighted by Gasteiger charge is 2.53. The zero-order chi connectivity index (χ0) is 19.6. The van der Waals surface area contributed by atoms with E-state index in [1.165, 1.54) is 4.90 Å². The molecule has 2 aliphatic rings. The van der Waals surface area contributed by atoms with Gasteiger partial charge in [0.15, 0.2) is 0 Å². The second-order valence-corrected chi connectivity index (χ2v) is 7.42. The molecule has 0 saturated carbocycles. The minimum Gasteiger partial charge on any atom is -0.494 e. The summed E-state index contributed by atoms with van der Waals surface area (Å²) in [5, 5.41) is 2.86.